The van der Waals surface area contributed by atoms with E-state index in [0.29, 0.717) is 6.07 Å². The third-order valence-corrected chi connectivity index (χ3v) is 4.32. The maximum atomic E-state index is 13.3. The van der Waals surface area contributed by atoms with Crippen LogP contribution in [0.25, 0.3) is 0 Å². The van der Waals surface area contributed by atoms with Crippen molar-refractivity contribution in [3.05, 3.63) is 34.9 Å². The fraction of sp³-hybridized carbons (Fsp3) is 0.562. The Morgan fingerprint density at radius 1 is 1.12 bits per heavy atom. The van der Waals surface area contributed by atoms with Crippen LogP contribution >= 0.6 is 0 Å². The van der Waals surface area contributed by atoms with Gasteiger partial charge >= 0.3 is 18.3 Å². The maximum Gasteiger partial charge on any atom is 0.417 e. The summed E-state index contributed by atoms with van der Waals surface area (Å²) >= 11 is 0. The van der Waals surface area contributed by atoms with Gasteiger partial charge in [0, 0.05) is 6.54 Å². The Morgan fingerprint density at radius 2 is 1.68 bits per heavy atom. The van der Waals surface area contributed by atoms with Crippen LogP contribution in [-0.4, -0.2) is 17.6 Å². The molecule has 3 nitrogen and oxygen atoms in total. The van der Waals surface area contributed by atoms with Gasteiger partial charge in [-0.1, -0.05) is 26.0 Å². The molecule has 0 radical (unpaired) electrons. The zero-order valence-corrected chi connectivity index (χ0v) is 13.6. The largest absolute Gasteiger partial charge is 0.481 e. The van der Waals surface area contributed by atoms with E-state index in [0.717, 1.165) is 12.1 Å². The lowest BCUT2D eigenvalue weighted by molar-refractivity contribution is -0.162. The molecule has 25 heavy (non-hydrogen) atoms. The monoisotopic (exact) mass is 371 g/mol. The molecule has 142 valence electrons. The van der Waals surface area contributed by atoms with Crippen molar-refractivity contribution in [3.63, 3.8) is 0 Å². The van der Waals surface area contributed by atoms with Crippen molar-refractivity contribution in [2.75, 3.05) is 6.54 Å². The summed E-state index contributed by atoms with van der Waals surface area (Å²) in [6, 6.07) is 2.31. The third kappa shape index (κ3) is 5.10. The summed E-state index contributed by atoms with van der Waals surface area (Å²) in [6.07, 6.45) is -10.4. The van der Waals surface area contributed by atoms with Gasteiger partial charge in [-0.2, -0.15) is 26.3 Å². The zero-order valence-electron chi connectivity index (χ0n) is 13.6. The quantitative estimate of drug-likeness (QED) is 0.723. The first-order chi connectivity index (χ1) is 11.3. The summed E-state index contributed by atoms with van der Waals surface area (Å²) in [5.74, 6) is -3.72. The van der Waals surface area contributed by atoms with Crippen LogP contribution in [0.2, 0.25) is 0 Å². The second-order valence-corrected chi connectivity index (χ2v) is 6.04. The number of nitrogens with two attached hydrogens (primary N) is 1. The molecule has 0 aromatic heterocycles. The van der Waals surface area contributed by atoms with Crippen molar-refractivity contribution < 1.29 is 36.2 Å². The van der Waals surface area contributed by atoms with Gasteiger partial charge in [-0.25, -0.2) is 0 Å². The molecule has 0 spiro atoms. The Bertz CT molecular complexity index is 612. The first kappa shape index (κ1) is 21.3. The van der Waals surface area contributed by atoms with E-state index in [1.165, 1.54) is 13.8 Å². The summed E-state index contributed by atoms with van der Waals surface area (Å²) in [4.78, 5) is 11.0. The lowest BCUT2D eigenvalue weighted by atomic mass is 9.80. The van der Waals surface area contributed by atoms with Crippen LogP contribution in [0.15, 0.2) is 18.2 Å². The van der Waals surface area contributed by atoms with Gasteiger partial charge in [0.1, 0.15) is 0 Å². The highest BCUT2D eigenvalue weighted by Crippen LogP contribution is 2.45. The number of benzene rings is 1. The predicted octanol–water partition coefficient (Wildman–Crippen LogP) is 4.51. The molecular weight excluding hydrogens is 352 g/mol. The maximum absolute atomic E-state index is 13.3. The van der Waals surface area contributed by atoms with E-state index in [4.69, 9.17) is 10.8 Å². The minimum atomic E-state index is -5.19. The summed E-state index contributed by atoms with van der Waals surface area (Å²) in [5, 5.41) is 9.00. The highest BCUT2D eigenvalue weighted by atomic mass is 19.4. The van der Waals surface area contributed by atoms with Crippen LogP contribution in [0.1, 0.15) is 42.9 Å². The summed E-state index contributed by atoms with van der Waals surface area (Å²) in [5.41, 5.74) is 1.36. The van der Waals surface area contributed by atoms with Gasteiger partial charge in [0.15, 0.2) is 0 Å². The number of alkyl halides is 6. The molecule has 0 heterocycles. The molecule has 0 aliphatic carbocycles. The molecule has 0 amide bonds. The molecule has 3 N–H and O–H groups in total. The first-order valence-electron chi connectivity index (χ1n) is 7.50. The minimum Gasteiger partial charge on any atom is -0.481 e. The van der Waals surface area contributed by atoms with Gasteiger partial charge in [-0.3, -0.25) is 4.79 Å². The molecule has 0 bridgehead atoms. The SMILES string of the molecule is CC(CC(CN)C(=O)O)C(C)c1cccc(C(F)(F)F)c1C(F)(F)F. The van der Waals surface area contributed by atoms with Crippen molar-refractivity contribution in [1.29, 1.82) is 0 Å². The Hall–Kier alpha value is -1.77. The van der Waals surface area contributed by atoms with E-state index >= 15 is 0 Å². The van der Waals surface area contributed by atoms with E-state index in [9.17, 15) is 31.1 Å². The molecule has 0 fully saturated rings. The number of hydrogen-bond donors (Lipinski definition) is 2. The van der Waals surface area contributed by atoms with Gasteiger partial charge < -0.3 is 10.8 Å². The molecule has 3 unspecified atom stereocenters. The van der Waals surface area contributed by atoms with E-state index in [1.54, 1.807) is 0 Å². The molecular formula is C16H19F6NO2. The fourth-order valence-electron chi connectivity index (χ4n) is 2.76. The number of carboxylic acid groups (broad SMARTS) is 1. The summed E-state index contributed by atoms with van der Waals surface area (Å²) in [6.45, 7) is 2.64. The molecule has 1 rings (SSSR count). The van der Waals surface area contributed by atoms with Crippen molar-refractivity contribution >= 4 is 5.97 Å². The van der Waals surface area contributed by atoms with Gasteiger partial charge in [0.2, 0.25) is 0 Å². The number of halogens is 6. The average Bonchev–Trinajstić information content (AvgIpc) is 2.48. The Kier molecular flexibility index (Phi) is 6.50. The lowest BCUT2D eigenvalue weighted by Gasteiger charge is -2.27. The van der Waals surface area contributed by atoms with Crippen LogP contribution in [0.5, 0.6) is 0 Å². The van der Waals surface area contributed by atoms with Crippen molar-refractivity contribution in [2.45, 2.75) is 38.5 Å². The zero-order chi connectivity index (χ0) is 19.6. The van der Waals surface area contributed by atoms with Crippen LogP contribution in [0, 0.1) is 11.8 Å². The van der Waals surface area contributed by atoms with E-state index in [1.807, 2.05) is 0 Å². The highest BCUT2D eigenvalue weighted by Gasteiger charge is 2.45. The van der Waals surface area contributed by atoms with Gasteiger partial charge in [0.05, 0.1) is 17.0 Å². The van der Waals surface area contributed by atoms with Gasteiger partial charge in [-0.15, -0.1) is 0 Å². The Balaban J connectivity index is 3.34. The smallest absolute Gasteiger partial charge is 0.417 e. The number of rotatable bonds is 6. The second kappa shape index (κ2) is 7.63. The van der Waals surface area contributed by atoms with E-state index in [2.05, 4.69) is 0 Å². The van der Waals surface area contributed by atoms with Crippen LogP contribution < -0.4 is 5.73 Å². The summed E-state index contributed by atoms with van der Waals surface area (Å²) < 4.78 is 78.9. The first-order valence-corrected chi connectivity index (χ1v) is 7.50. The average molecular weight is 371 g/mol. The van der Waals surface area contributed by atoms with Gasteiger partial charge in [-0.05, 0) is 29.9 Å². The molecule has 1 aromatic rings. The van der Waals surface area contributed by atoms with Crippen molar-refractivity contribution in [2.24, 2.45) is 17.6 Å². The van der Waals surface area contributed by atoms with Gasteiger partial charge in [0.25, 0.3) is 0 Å². The molecule has 9 heteroatoms. The van der Waals surface area contributed by atoms with E-state index in [-0.39, 0.29) is 13.0 Å². The van der Waals surface area contributed by atoms with Crippen LogP contribution in [-0.2, 0) is 17.1 Å². The molecule has 0 saturated heterocycles. The molecule has 0 aliphatic rings. The Morgan fingerprint density at radius 3 is 2.08 bits per heavy atom. The molecule has 3 atom stereocenters. The Labute approximate surface area is 140 Å². The molecule has 1 aromatic carbocycles. The van der Waals surface area contributed by atoms with Crippen LogP contribution in [0.4, 0.5) is 26.3 Å². The third-order valence-electron chi connectivity index (χ3n) is 4.32. The summed E-state index contributed by atoms with van der Waals surface area (Å²) in [7, 11) is 0. The predicted molar refractivity (Wildman–Crippen MR) is 78.8 cm³/mol. The number of carbonyl (C=O) groups is 1. The van der Waals surface area contributed by atoms with Crippen molar-refractivity contribution in [1.82, 2.24) is 0 Å². The normalized spacial score (nSPS) is 16.4. The van der Waals surface area contributed by atoms with Crippen LogP contribution in [0.3, 0.4) is 0 Å². The fourth-order valence-corrected chi connectivity index (χ4v) is 2.76. The highest BCUT2D eigenvalue weighted by molar-refractivity contribution is 5.70. The molecule has 0 aliphatic heterocycles. The van der Waals surface area contributed by atoms with Crippen molar-refractivity contribution in [3.8, 4) is 0 Å². The number of carboxylic acids is 1. The van der Waals surface area contributed by atoms with E-state index < -0.39 is 52.8 Å². The second-order valence-electron chi connectivity index (χ2n) is 6.04. The topological polar surface area (TPSA) is 63.3 Å². The minimum absolute atomic E-state index is 0.0411. The molecule has 0 saturated carbocycles. The lowest BCUT2D eigenvalue weighted by Crippen LogP contribution is -2.27. The number of hydrogen-bond acceptors (Lipinski definition) is 2. The number of aliphatic carboxylic acids is 1. The standard InChI is InChI=1S/C16H19F6NO2/c1-8(6-10(7-23)14(24)25)9(2)11-4-3-5-12(15(17,18)19)13(11)16(20,21)22/h3-5,8-10H,6-7,23H2,1-2H3,(H,24,25).